The van der Waals surface area contributed by atoms with Gasteiger partial charge in [0.15, 0.2) is 6.61 Å². The summed E-state index contributed by atoms with van der Waals surface area (Å²) in [5.74, 6) is 0.806. The van der Waals surface area contributed by atoms with E-state index >= 15 is 0 Å². The number of hydrogen-bond acceptors (Lipinski definition) is 8. The molecule has 9 nitrogen and oxygen atoms in total. The first kappa shape index (κ1) is 25.4. The number of pyridine rings is 1. The normalized spacial score (nSPS) is 18.5. The lowest BCUT2D eigenvalue weighted by Gasteiger charge is -2.34. The second-order valence-corrected chi connectivity index (χ2v) is 9.60. The average molecular weight is 525 g/mol. The number of aldehydes is 1. The van der Waals surface area contributed by atoms with Crippen LogP contribution in [0.15, 0.2) is 42.6 Å². The Balaban J connectivity index is 1.21. The number of morpholine rings is 1. The van der Waals surface area contributed by atoms with Crippen molar-refractivity contribution in [3.8, 4) is 11.5 Å². The lowest BCUT2D eigenvalue weighted by Crippen LogP contribution is -2.47. The van der Waals surface area contributed by atoms with Crippen molar-refractivity contribution in [2.75, 3.05) is 51.8 Å². The highest BCUT2D eigenvalue weighted by atomic mass is 35.5. The summed E-state index contributed by atoms with van der Waals surface area (Å²) in [7, 11) is 1.61. The van der Waals surface area contributed by atoms with E-state index in [4.69, 9.17) is 25.8 Å². The molecule has 2 N–H and O–H groups in total. The molecule has 0 bridgehead atoms. The number of nitrogens with one attached hydrogen (secondary N) is 2. The van der Waals surface area contributed by atoms with E-state index in [9.17, 15) is 9.59 Å². The molecule has 10 heteroatoms. The van der Waals surface area contributed by atoms with Crippen molar-refractivity contribution in [1.29, 1.82) is 0 Å². The third-order valence-electron chi connectivity index (χ3n) is 6.66. The third-order valence-corrected chi connectivity index (χ3v) is 6.96. The molecule has 0 spiro atoms. The fourth-order valence-corrected chi connectivity index (χ4v) is 5.13. The van der Waals surface area contributed by atoms with Crippen molar-refractivity contribution in [2.45, 2.75) is 18.6 Å². The molecular formula is C27H29ClN4O5. The summed E-state index contributed by atoms with van der Waals surface area (Å²) in [6.07, 6.45) is 2.54. The maximum Gasteiger partial charge on any atom is 0.262 e. The molecule has 37 heavy (non-hydrogen) atoms. The van der Waals surface area contributed by atoms with Gasteiger partial charge in [0.2, 0.25) is 0 Å². The summed E-state index contributed by atoms with van der Waals surface area (Å²) in [5, 5.41) is 7.56. The zero-order valence-corrected chi connectivity index (χ0v) is 21.3. The summed E-state index contributed by atoms with van der Waals surface area (Å²) in [6, 6.07) is 11.4. The predicted octanol–water partition coefficient (Wildman–Crippen LogP) is 3.00. The number of carbonyl (C=O) groups excluding carboxylic acids is 2. The molecule has 2 aliphatic rings. The topological polar surface area (TPSA) is 102 Å². The van der Waals surface area contributed by atoms with Gasteiger partial charge < -0.3 is 29.6 Å². The number of rotatable bonds is 9. The van der Waals surface area contributed by atoms with Gasteiger partial charge >= 0.3 is 0 Å². The van der Waals surface area contributed by atoms with Gasteiger partial charge in [0, 0.05) is 44.3 Å². The van der Waals surface area contributed by atoms with Crippen molar-refractivity contribution in [2.24, 2.45) is 0 Å². The quantitative estimate of drug-likeness (QED) is 0.412. The second-order valence-electron chi connectivity index (χ2n) is 9.20. The molecule has 1 fully saturated rings. The Bertz CT molecular complexity index is 1300. The van der Waals surface area contributed by atoms with Gasteiger partial charge in [-0.3, -0.25) is 14.7 Å². The van der Waals surface area contributed by atoms with Crippen molar-refractivity contribution < 1.29 is 23.8 Å². The smallest absolute Gasteiger partial charge is 0.262 e. The van der Waals surface area contributed by atoms with E-state index in [2.05, 4.69) is 20.5 Å². The molecule has 0 aliphatic carbocycles. The monoisotopic (exact) mass is 524 g/mol. The number of aromatic nitrogens is 1. The van der Waals surface area contributed by atoms with E-state index in [1.54, 1.807) is 13.3 Å². The van der Waals surface area contributed by atoms with E-state index in [1.165, 1.54) is 0 Å². The highest BCUT2D eigenvalue weighted by molar-refractivity contribution is 6.32. The summed E-state index contributed by atoms with van der Waals surface area (Å²) >= 11 is 6.55. The number of hydrogen-bond donors (Lipinski definition) is 2. The van der Waals surface area contributed by atoms with E-state index in [-0.39, 0.29) is 18.6 Å². The van der Waals surface area contributed by atoms with Crippen LogP contribution >= 0.6 is 11.6 Å². The van der Waals surface area contributed by atoms with Crippen LogP contribution in [0, 0.1) is 0 Å². The molecule has 1 saturated heterocycles. The number of methoxy groups -OCH3 is 1. The first-order valence-corrected chi connectivity index (χ1v) is 12.6. The average Bonchev–Trinajstić information content (AvgIpc) is 2.91. The number of nitrogens with zero attached hydrogens (tertiary/aromatic N) is 2. The largest absolute Gasteiger partial charge is 0.497 e. The maximum absolute atomic E-state index is 12.2. The fraction of sp³-hybridized carbons (Fsp3) is 0.370. The number of amides is 1. The lowest BCUT2D eigenvalue weighted by atomic mass is 9.95. The fourth-order valence-electron chi connectivity index (χ4n) is 4.84. The molecule has 2 aromatic carbocycles. The highest BCUT2D eigenvalue weighted by Crippen LogP contribution is 2.33. The van der Waals surface area contributed by atoms with Gasteiger partial charge in [0.05, 0.1) is 42.0 Å². The summed E-state index contributed by atoms with van der Waals surface area (Å²) in [5.41, 5.74) is 3.26. The van der Waals surface area contributed by atoms with Crippen LogP contribution in [0.1, 0.15) is 17.0 Å². The molecule has 5 rings (SSSR count). The molecule has 1 aromatic heterocycles. The minimum absolute atomic E-state index is 0.0218. The van der Waals surface area contributed by atoms with Gasteiger partial charge in [-0.1, -0.05) is 17.7 Å². The van der Waals surface area contributed by atoms with Gasteiger partial charge in [-0.25, -0.2) is 0 Å². The number of fused-ring (bicyclic) bond motifs is 2. The number of carbonyl (C=O) groups is 2. The number of benzene rings is 2. The van der Waals surface area contributed by atoms with Gasteiger partial charge in [0.25, 0.3) is 5.91 Å². The molecule has 0 saturated carbocycles. The molecule has 2 atom stereocenters. The van der Waals surface area contributed by atoms with E-state index in [0.717, 1.165) is 34.9 Å². The van der Waals surface area contributed by atoms with Crippen molar-refractivity contribution in [3.05, 3.63) is 58.7 Å². The number of anilines is 1. The summed E-state index contributed by atoms with van der Waals surface area (Å²) < 4.78 is 16.8. The van der Waals surface area contributed by atoms with Gasteiger partial charge in [-0.05, 0) is 41.5 Å². The Kier molecular flexibility index (Phi) is 7.85. The summed E-state index contributed by atoms with van der Waals surface area (Å²) in [4.78, 5) is 30.5. The number of ether oxygens (including phenoxy) is 3. The van der Waals surface area contributed by atoms with Crippen molar-refractivity contribution in [3.63, 3.8) is 0 Å². The molecule has 0 radical (unpaired) electrons. The van der Waals surface area contributed by atoms with Crippen LogP contribution < -0.4 is 20.1 Å². The molecule has 2 aliphatic heterocycles. The van der Waals surface area contributed by atoms with Gasteiger partial charge in [-0.15, -0.1) is 0 Å². The maximum atomic E-state index is 12.2. The first-order chi connectivity index (χ1) is 18.0. The molecule has 2 unspecified atom stereocenters. The third kappa shape index (κ3) is 5.86. The Morgan fingerprint density at radius 2 is 2.22 bits per heavy atom. The second kappa shape index (κ2) is 11.4. The predicted molar refractivity (Wildman–Crippen MR) is 141 cm³/mol. The zero-order valence-electron chi connectivity index (χ0n) is 20.5. The van der Waals surface area contributed by atoms with E-state index < -0.39 is 5.92 Å². The Morgan fingerprint density at radius 1 is 1.32 bits per heavy atom. The lowest BCUT2D eigenvalue weighted by molar-refractivity contribution is -0.118. The van der Waals surface area contributed by atoms with Crippen LogP contribution in [-0.4, -0.2) is 74.7 Å². The van der Waals surface area contributed by atoms with E-state index in [1.807, 2.05) is 36.4 Å². The van der Waals surface area contributed by atoms with Gasteiger partial charge in [0.1, 0.15) is 17.8 Å². The first-order valence-electron chi connectivity index (χ1n) is 12.2. The SMILES string of the molecule is COc1ccc2ncc(Cl)c(C(C=O)CN3CCOC(CNCc4ccc5c(c4)NC(=O)CO5)C3)c2c1. The molecule has 3 heterocycles. The molecule has 3 aromatic rings. The van der Waals surface area contributed by atoms with Crippen LogP contribution in [0.2, 0.25) is 5.02 Å². The van der Waals surface area contributed by atoms with Crippen LogP contribution in [-0.2, 0) is 20.9 Å². The van der Waals surface area contributed by atoms with E-state index in [0.29, 0.717) is 55.0 Å². The molecular weight excluding hydrogens is 496 g/mol. The van der Waals surface area contributed by atoms with Crippen molar-refractivity contribution >= 4 is 40.4 Å². The minimum Gasteiger partial charge on any atom is -0.497 e. The van der Waals surface area contributed by atoms with Crippen LogP contribution in [0.5, 0.6) is 11.5 Å². The Morgan fingerprint density at radius 3 is 3.05 bits per heavy atom. The Labute approximate surface area is 220 Å². The van der Waals surface area contributed by atoms with Crippen LogP contribution in [0.3, 0.4) is 0 Å². The number of halogens is 1. The molecule has 1 amide bonds. The molecule has 194 valence electrons. The highest BCUT2D eigenvalue weighted by Gasteiger charge is 2.26. The summed E-state index contributed by atoms with van der Waals surface area (Å²) in [6.45, 7) is 3.86. The van der Waals surface area contributed by atoms with Crippen LogP contribution in [0.4, 0.5) is 5.69 Å². The minimum atomic E-state index is -0.412. The van der Waals surface area contributed by atoms with Gasteiger partial charge in [-0.2, -0.15) is 0 Å². The van der Waals surface area contributed by atoms with Crippen molar-refractivity contribution in [1.82, 2.24) is 15.2 Å². The Hall–Kier alpha value is -3.24. The zero-order chi connectivity index (χ0) is 25.8. The standard InChI is InChI=1S/C27H29ClN4O5/c1-35-19-3-4-23-21(9-19)27(22(28)12-30-23)18(15-33)13-32-6-7-36-20(14-32)11-29-10-17-2-5-25-24(8-17)31-26(34)16-37-25/h2-5,8-9,12,15,18,20,29H,6-7,10-11,13-14,16H2,1H3,(H,31,34). The van der Waals surface area contributed by atoms with Crippen LogP contribution in [0.25, 0.3) is 10.9 Å².